The smallest absolute Gasteiger partial charge is 0.329 e. The van der Waals surface area contributed by atoms with Gasteiger partial charge >= 0.3 is 5.97 Å². The van der Waals surface area contributed by atoms with Gasteiger partial charge in [-0.25, -0.2) is 4.79 Å². The highest BCUT2D eigenvalue weighted by atomic mass is 16.7. The summed E-state index contributed by atoms with van der Waals surface area (Å²) in [7, 11) is 1.62. The van der Waals surface area contributed by atoms with E-state index in [0.717, 1.165) is 11.3 Å². The Hall–Kier alpha value is -1.55. The highest BCUT2D eigenvalue weighted by Gasteiger charge is 2.23. The minimum atomic E-state index is -0.493. The summed E-state index contributed by atoms with van der Waals surface area (Å²) in [6.07, 6.45) is 0. The lowest BCUT2D eigenvalue weighted by atomic mass is 9.98. The lowest BCUT2D eigenvalue weighted by Crippen LogP contribution is -2.29. The van der Waals surface area contributed by atoms with Gasteiger partial charge in [-0.15, -0.1) is 5.48 Å². The van der Waals surface area contributed by atoms with Gasteiger partial charge in [0.05, 0.1) is 19.1 Å². The molecule has 0 radical (unpaired) electrons. The second-order valence-electron chi connectivity index (χ2n) is 4.81. The van der Waals surface area contributed by atoms with Gasteiger partial charge in [-0.05, 0) is 38.5 Å². The van der Waals surface area contributed by atoms with Crippen molar-refractivity contribution < 1.29 is 14.4 Å². The van der Waals surface area contributed by atoms with Crippen LogP contribution in [0.5, 0.6) is 5.75 Å². The van der Waals surface area contributed by atoms with Crippen LogP contribution in [0.15, 0.2) is 24.3 Å². The lowest BCUT2D eigenvalue weighted by molar-refractivity contribution is -0.161. The number of nitrogens with one attached hydrogen (secondary N) is 1. The highest BCUT2D eigenvalue weighted by molar-refractivity contribution is 5.75. The third kappa shape index (κ3) is 4.44. The topological polar surface area (TPSA) is 47.6 Å². The maximum Gasteiger partial charge on any atom is 0.329 e. The number of hydroxylamine groups is 1. The van der Waals surface area contributed by atoms with Crippen LogP contribution in [-0.4, -0.2) is 13.1 Å². The highest BCUT2D eigenvalue weighted by Crippen LogP contribution is 2.14. The SMILES string of the molecule is COc1ccc(CNOC(=O)C(C)(C)C)cc1. The van der Waals surface area contributed by atoms with Crippen molar-refractivity contribution >= 4 is 5.97 Å². The van der Waals surface area contributed by atoms with Gasteiger partial charge in [0.2, 0.25) is 0 Å². The second kappa shape index (κ2) is 5.68. The number of hydrogen-bond donors (Lipinski definition) is 1. The molecule has 0 fully saturated rings. The van der Waals surface area contributed by atoms with Gasteiger partial charge < -0.3 is 9.57 Å². The molecule has 0 amide bonds. The number of hydrogen-bond acceptors (Lipinski definition) is 4. The zero-order chi connectivity index (χ0) is 12.9. The van der Waals surface area contributed by atoms with Gasteiger partial charge in [0, 0.05) is 0 Å². The van der Waals surface area contributed by atoms with E-state index in [2.05, 4.69) is 5.48 Å². The van der Waals surface area contributed by atoms with E-state index in [0.29, 0.717) is 6.54 Å². The molecule has 1 rings (SSSR count). The first-order valence-corrected chi connectivity index (χ1v) is 5.50. The quantitative estimate of drug-likeness (QED) is 0.816. The number of benzene rings is 1. The summed E-state index contributed by atoms with van der Waals surface area (Å²) in [5.41, 5.74) is 3.18. The molecular formula is C13H19NO3. The van der Waals surface area contributed by atoms with Crippen LogP contribution in [0.3, 0.4) is 0 Å². The van der Waals surface area contributed by atoms with Crippen molar-refractivity contribution in [2.24, 2.45) is 5.41 Å². The van der Waals surface area contributed by atoms with Crippen molar-refractivity contribution in [3.8, 4) is 5.75 Å². The molecule has 1 aromatic rings. The van der Waals surface area contributed by atoms with Crippen LogP contribution in [0.4, 0.5) is 0 Å². The number of carbonyl (C=O) groups is 1. The molecular weight excluding hydrogens is 218 g/mol. The fourth-order valence-electron chi connectivity index (χ4n) is 1.08. The van der Waals surface area contributed by atoms with E-state index in [4.69, 9.17) is 9.57 Å². The predicted molar refractivity (Wildman–Crippen MR) is 65.4 cm³/mol. The van der Waals surface area contributed by atoms with Crippen molar-refractivity contribution in [3.63, 3.8) is 0 Å². The van der Waals surface area contributed by atoms with Gasteiger partial charge in [0.25, 0.3) is 0 Å². The molecule has 1 N–H and O–H groups in total. The molecule has 0 aromatic heterocycles. The predicted octanol–water partition coefficient (Wildman–Crippen LogP) is 2.29. The Morgan fingerprint density at radius 1 is 1.24 bits per heavy atom. The number of carbonyl (C=O) groups excluding carboxylic acids is 1. The fourth-order valence-corrected chi connectivity index (χ4v) is 1.08. The second-order valence-corrected chi connectivity index (χ2v) is 4.81. The van der Waals surface area contributed by atoms with E-state index in [1.54, 1.807) is 7.11 Å². The van der Waals surface area contributed by atoms with Gasteiger partial charge in [0.15, 0.2) is 0 Å². The van der Waals surface area contributed by atoms with E-state index in [1.165, 1.54) is 0 Å². The summed E-state index contributed by atoms with van der Waals surface area (Å²) in [4.78, 5) is 16.4. The number of rotatable bonds is 4. The van der Waals surface area contributed by atoms with Crippen molar-refractivity contribution in [1.82, 2.24) is 5.48 Å². The van der Waals surface area contributed by atoms with E-state index < -0.39 is 5.41 Å². The van der Waals surface area contributed by atoms with Crippen LogP contribution in [0.25, 0.3) is 0 Å². The number of ether oxygens (including phenoxy) is 1. The van der Waals surface area contributed by atoms with Gasteiger partial charge in [0.1, 0.15) is 5.75 Å². The molecule has 0 aliphatic carbocycles. The zero-order valence-corrected chi connectivity index (χ0v) is 10.7. The average Bonchev–Trinajstić information content (AvgIpc) is 2.28. The van der Waals surface area contributed by atoms with Crippen LogP contribution in [0, 0.1) is 5.41 Å². The van der Waals surface area contributed by atoms with Gasteiger partial charge in [-0.1, -0.05) is 12.1 Å². The van der Waals surface area contributed by atoms with Crippen molar-refractivity contribution in [3.05, 3.63) is 29.8 Å². The molecule has 0 unspecified atom stereocenters. The normalized spacial score (nSPS) is 11.1. The first kappa shape index (κ1) is 13.5. The first-order valence-electron chi connectivity index (χ1n) is 5.50. The zero-order valence-electron chi connectivity index (χ0n) is 10.7. The molecule has 4 heteroatoms. The van der Waals surface area contributed by atoms with Crippen LogP contribution in [0.1, 0.15) is 26.3 Å². The summed E-state index contributed by atoms with van der Waals surface area (Å²) < 4.78 is 5.05. The minimum Gasteiger partial charge on any atom is -0.497 e. The first-order chi connectivity index (χ1) is 7.93. The summed E-state index contributed by atoms with van der Waals surface area (Å²) in [5, 5.41) is 0. The van der Waals surface area contributed by atoms with Crippen molar-refractivity contribution in [2.45, 2.75) is 27.3 Å². The number of methoxy groups -OCH3 is 1. The Balaban J connectivity index is 2.38. The molecule has 0 saturated heterocycles. The molecule has 94 valence electrons. The minimum absolute atomic E-state index is 0.272. The molecule has 0 saturated carbocycles. The van der Waals surface area contributed by atoms with Crippen molar-refractivity contribution in [1.29, 1.82) is 0 Å². The largest absolute Gasteiger partial charge is 0.497 e. The summed E-state index contributed by atoms with van der Waals surface area (Å²) in [6, 6.07) is 7.55. The molecule has 17 heavy (non-hydrogen) atoms. The Morgan fingerprint density at radius 2 is 1.82 bits per heavy atom. The molecule has 1 aromatic carbocycles. The molecule has 0 bridgehead atoms. The summed E-state index contributed by atoms with van der Waals surface area (Å²) in [6.45, 7) is 5.91. The molecule has 0 heterocycles. The Bertz CT molecular complexity index is 365. The third-order valence-electron chi connectivity index (χ3n) is 2.21. The molecule has 0 spiro atoms. The Kier molecular flexibility index (Phi) is 4.52. The van der Waals surface area contributed by atoms with Crippen LogP contribution < -0.4 is 10.2 Å². The third-order valence-corrected chi connectivity index (χ3v) is 2.21. The van der Waals surface area contributed by atoms with E-state index in [1.807, 2.05) is 45.0 Å². The maximum atomic E-state index is 11.5. The van der Waals surface area contributed by atoms with Crippen LogP contribution in [-0.2, 0) is 16.2 Å². The van der Waals surface area contributed by atoms with Gasteiger partial charge in [-0.3, -0.25) is 0 Å². The standard InChI is InChI=1S/C13H19NO3/c1-13(2,3)12(15)17-14-9-10-5-7-11(16-4)8-6-10/h5-8,14H,9H2,1-4H3. The van der Waals surface area contributed by atoms with Gasteiger partial charge in [-0.2, -0.15) is 0 Å². The Labute approximate surface area is 102 Å². The van der Waals surface area contributed by atoms with Crippen LogP contribution in [0.2, 0.25) is 0 Å². The fraction of sp³-hybridized carbons (Fsp3) is 0.462. The van der Waals surface area contributed by atoms with Crippen molar-refractivity contribution in [2.75, 3.05) is 7.11 Å². The Morgan fingerprint density at radius 3 is 2.29 bits per heavy atom. The monoisotopic (exact) mass is 237 g/mol. The average molecular weight is 237 g/mol. The molecule has 0 aliphatic heterocycles. The maximum absolute atomic E-state index is 11.5. The molecule has 0 aliphatic rings. The molecule has 4 nitrogen and oxygen atoms in total. The van der Waals surface area contributed by atoms with E-state index >= 15 is 0 Å². The van der Waals surface area contributed by atoms with E-state index in [-0.39, 0.29) is 5.97 Å². The van der Waals surface area contributed by atoms with Crippen LogP contribution >= 0.6 is 0 Å². The summed E-state index contributed by atoms with van der Waals surface area (Å²) in [5.74, 6) is 0.534. The summed E-state index contributed by atoms with van der Waals surface area (Å²) >= 11 is 0. The lowest BCUT2D eigenvalue weighted by Gasteiger charge is -2.16. The van der Waals surface area contributed by atoms with E-state index in [9.17, 15) is 4.79 Å². The molecule has 0 atom stereocenters.